The number of hydrogen-bond acceptors (Lipinski definition) is 2. The lowest BCUT2D eigenvalue weighted by molar-refractivity contribution is 0.232. The van der Waals surface area contributed by atoms with Crippen molar-refractivity contribution < 1.29 is 9.18 Å². The maximum Gasteiger partial charge on any atom is 0.319 e. The van der Waals surface area contributed by atoms with Crippen LogP contribution < -0.4 is 10.6 Å². The van der Waals surface area contributed by atoms with Gasteiger partial charge in [-0.05, 0) is 34.2 Å². The number of carbonyl (C=O) groups excluding carboxylic acids is 1. The number of hydrogen-bond donors (Lipinski definition) is 3. The van der Waals surface area contributed by atoms with E-state index in [0.717, 1.165) is 22.0 Å². The Balaban J connectivity index is 1.53. The molecular formula is C21H23FN4O. The molecule has 3 N–H and O–H groups in total. The van der Waals surface area contributed by atoms with Gasteiger partial charge in [0, 0.05) is 11.8 Å². The molecule has 3 aromatic rings. The van der Waals surface area contributed by atoms with Gasteiger partial charge in [-0.3, -0.25) is 5.10 Å². The third-order valence-corrected chi connectivity index (χ3v) is 5.14. The number of benzene rings is 2. The zero-order valence-corrected chi connectivity index (χ0v) is 15.6. The van der Waals surface area contributed by atoms with E-state index in [1.165, 1.54) is 5.56 Å². The third-order valence-electron chi connectivity index (χ3n) is 5.14. The molecule has 0 unspecified atom stereocenters. The summed E-state index contributed by atoms with van der Waals surface area (Å²) in [6.07, 6.45) is 0.842. The number of rotatable bonds is 2. The smallest absolute Gasteiger partial charge is 0.319 e. The van der Waals surface area contributed by atoms with Gasteiger partial charge in [-0.1, -0.05) is 45.0 Å². The second kappa shape index (κ2) is 6.37. The van der Waals surface area contributed by atoms with Gasteiger partial charge in [-0.2, -0.15) is 5.10 Å². The van der Waals surface area contributed by atoms with Crippen molar-refractivity contribution in [3.63, 3.8) is 0 Å². The van der Waals surface area contributed by atoms with Crippen LogP contribution in [0.2, 0.25) is 0 Å². The van der Waals surface area contributed by atoms with Gasteiger partial charge < -0.3 is 10.6 Å². The SMILES string of the molecule is CC(C)(C)c1ccc2c(c1)C[C@@H](F)[C@H]2NC(=O)Nc1cccc2[nH]ncc12. The van der Waals surface area contributed by atoms with Crippen LogP contribution in [0.5, 0.6) is 0 Å². The summed E-state index contributed by atoms with van der Waals surface area (Å²) in [6, 6.07) is 10.5. The molecule has 0 bridgehead atoms. The average Bonchev–Trinajstić information content (AvgIpc) is 3.19. The van der Waals surface area contributed by atoms with E-state index in [2.05, 4.69) is 47.7 Å². The fourth-order valence-corrected chi connectivity index (χ4v) is 3.62. The van der Waals surface area contributed by atoms with Gasteiger partial charge in [-0.15, -0.1) is 0 Å². The van der Waals surface area contributed by atoms with Gasteiger partial charge in [0.2, 0.25) is 0 Å². The maximum atomic E-state index is 14.7. The van der Waals surface area contributed by atoms with Crippen LogP contribution in [-0.4, -0.2) is 22.4 Å². The molecular weight excluding hydrogens is 343 g/mol. The molecule has 2 atom stereocenters. The number of anilines is 1. The first kappa shape index (κ1) is 17.5. The first-order valence-corrected chi connectivity index (χ1v) is 9.10. The lowest BCUT2D eigenvalue weighted by atomic mass is 9.85. The number of amides is 2. The Kier molecular flexibility index (Phi) is 4.13. The minimum Gasteiger partial charge on any atom is -0.328 e. The predicted octanol–water partition coefficient (Wildman–Crippen LogP) is 4.62. The molecule has 2 amide bonds. The highest BCUT2D eigenvalue weighted by Gasteiger charge is 2.34. The van der Waals surface area contributed by atoms with Crippen molar-refractivity contribution in [2.75, 3.05) is 5.32 Å². The lowest BCUT2D eigenvalue weighted by Gasteiger charge is -2.21. The van der Waals surface area contributed by atoms with E-state index in [1.54, 1.807) is 12.3 Å². The van der Waals surface area contributed by atoms with E-state index in [0.29, 0.717) is 12.1 Å². The number of aromatic nitrogens is 2. The van der Waals surface area contributed by atoms with Crippen molar-refractivity contribution in [1.29, 1.82) is 0 Å². The van der Waals surface area contributed by atoms with E-state index in [9.17, 15) is 9.18 Å². The number of alkyl halides is 1. The highest BCUT2D eigenvalue weighted by molar-refractivity contribution is 6.00. The number of halogens is 1. The molecule has 2 aromatic carbocycles. The van der Waals surface area contributed by atoms with E-state index in [4.69, 9.17) is 0 Å². The molecule has 0 saturated heterocycles. The summed E-state index contributed by atoms with van der Waals surface area (Å²) in [5.41, 5.74) is 4.47. The van der Waals surface area contributed by atoms with Gasteiger partial charge in [0.05, 0.1) is 23.4 Å². The summed E-state index contributed by atoms with van der Waals surface area (Å²) in [6.45, 7) is 6.41. The average molecular weight is 366 g/mol. The van der Waals surface area contributed by atoms with Crippen molar-refractivity contribution in [2.24, 2.45) is 0 Å². The van der Waals surface area contributed by atoms with Gasteiger partial charge in [0.25, 0.3) is 0 Å². The normalized spacial score (nSPS) is 19.1. The highest BCUT2D eigenvalue weighted by atomic mass is 19.1. The van der Waals surface area contributed by atoms with Crippen LogP contribution in [0, 0.1) is 0 Å². The fourth-order valence-electron chi connectivity index (χ4n) is 3.62. The number of H-pyrrole nitrogens is 1. The molecule has 1 aliphatic rings. The number of fused-ring (bicyclic) bond motifs is 2. The van der Waals surface area contributed by atoms with Crippen LogP contribution in [0.1, 0.15) is 43.5 Å². The summed E-state index contributed by atoms with van der Waals surface area (Å²) in [5.74, 6) is 0. The first-order chi connectivity index (χ1) is 12.8. The zero-order valence-electron chi connectivity index (χ0n) is 15.6. The molecule has 5 nitrogen and oxygen atoms in total. The molecule has 27 heavy (non-hydrogen) atoms. The molecule has 0 radical (unpaired) electrons. The Morgan fingerprint density at radius 3 is 2.85 bits per heavy atom. The number of nitrogens with zero attached hydrogens (tertiary/aromatic N) is 1. The van der Waals surface area contributed by atoms with Crippen molar-refractivity contribution in [1.82, 2.24) is 15.5 Å². The number of urea groups is 1. The van der Waals surface area contributed by atoms with Crippen LogP contribution >= 0.6 is 0 Å². The zero-order chi connectivity index (χ0) is 19.2. The Labute approximate surface area is 157 Å². The van der Waals surface area contributed by atoms with Gasteiger partial charge in [0.15, 0.2) is 0 Å². The summed E-state index contributed by atoms with van der Waals surface area (Å²) in [4.78, 5) is 12.5. The minimum absolute atomic E-state index is 0.00695. The molecule has 1 aromatic heterocycles. The summed E-state index contributed by atoms with van der Waals surface area (Å²) < 4.78 is 14.7. The van der Waals surface area contributed by atoms with E-state index in [-0.39, 0.29) is 5.41 Å². The van der Waals surface area contributed by atoms with E-state index >= 15 is 0 Å². The molecule has 140 valence electrons. The third kappa shape index (κ3) is 3.27. The quantitative estimate of drug-likeness (QED) is 0.619. The van der Waals surface area contributed by atoms with Crippen molar-refractivity contribution in [2.45, 2.75) is 44.8 Å². The van der Waals surface area contributed by atoms with E-state index in [1.807, 2.05) is 24.3 Å². The van der Waals surface area contributed by atoms with Crippen LogP contribution in [0.4, 0.5) is 14.9 Å². The maximum absolute atomic E-state index is 14.7. The topological polar surface area (TPSA) is 69.8 Å². The monoisotopic (exact) mass is 366 g/mol. The van der Waals surface area contributed by atoms with Gasteiger partial charge in [0.1, 0.15) is 6.17 Å². The molecule has 0 spiro atoms. The molecule has 0 aliphatic heterocycles. The van der Waals surface area contributed by atoms with Gasteiger partial charge >= 0.3 is 6.03 Å². The fraction of sp³-hybridized carbons (Fsp3) is 0.333. The van der Waals surface area contributed by atoms with Crippen molar-refractivity contribution in [3.05, 3.63) is 59.3 Å². The van der Waals surface area contributed by atoms with Crippen molar-refractivity contribution >= 4 is 22.6 Å². The molecule has 1 heterocycles. The molecule has 4 rings (SSSR count). The second-order valence-electron chi connectivity index (χ2n) is 8.10. The van der Waals surface area contributed by atoms with E-state index < -0.39 is 18.2 Å². The Hall–Kier alpha value is -2.89. The second-order valence-corrected chi connectivity index (χ2v) is 8.10. The Morgan fingerprint density at radius 1 is 1.26 bits per heavy atom. The van der Waals surface area contributed by atoms with Crippen LogP contribution in [0.3, 0.4) is 0 Å². The number of carbonyl (C=O) groups is 1. The molecule has 1 aliphatic carbocycles. The van der Waals surface area contributed by atoms with Gasteiger partial charge in [-0.25, -0.2) is 9.18 Å². The molecule has 0 fully saturated rings. The Morgan fingerprint density at radius 2 is 2.07 bits per heavy atom. The van der Waals surface area contributed by atoms with Crippen molar-refractivity contribution in [3.8, 4) is 0 Å². The van der Waals surface area contributed by atoms with Crippen LogP contribution in [0.15, 0.2) is 42.6 Å². The lowest BCUT2D eigenvalue weighted by Crippen LogP contribution is -2.35. The first-order valence-electron chi connectivity index (χ1n) is 9.10. The predicted molar refractivity (Wildman–Crippen MR) is 105 cm³/mol. The molecule has 0 saturated carbocycles. The number of aromatic amines is 1. The summed E-state index contributed by atoms with van der Waals surface area (Å²) in [5, 5.41) is 13.3. The van der Waals surface area contributed by atoms with Crippen LogP contribution in [-0.2, 0) is 11.8 Å². The molecule has 6 heteroatoms. The minimum atomic E-state index is -1.13. The Bertz CT molecular complexity index is 1000. The standard InChI is InChI=1S/C21H23FN4O/c1-21(2,3)13-7-8-14-12(9-13)10-16(22)19(14)25-20(27)24-17-5-4-6-18-15(17)11-23-26-18/h4-9,11,16,19H,10H2,1-3H3,(H,23,26)(H2,24,25,27)/t16-,19+/m1/s1. The number of nitrogens with one attached hydrogen (secondary N) is 3. The summed E-state index contributed by atoms with van der Waals surface area (Å²) in [7, 11) is 0. The highest BCUT2D eigenvalue weighted by Crippen LogP contribution is 2.36. The largest absolute Gasteiger partial charge is 0.328 e. The summed E-state index contributed by atoms with van der Waals surface area (Å²) >= 11 is 0. The van der Waals surface area contributed by atoms with Crippen LogP contribution in [0.25, 0.3) is 10.9 Å².